The molecule has 0 aromatic heterocycles. The molecule has 5 nitrogen and oxygen atoms in total. The Balaban J connectivity index is 2.16. The average molecular weight is 370 g/mol. The van der Waals surface area contributed by atoms with Crippen LogP contribution in [-0.4, -0.2) is 26.9 Å². The molecule has 2 aromatic carbocycles. The molecule has 0 radical (unpaired) electrons. The van der Waals surface area contributed by atoms with Crippen LogP contribution in [-0.2, 0) is 10.0 Å². The van der Waals surface area contributed by atoms with Gasteiger partial charge in [-0.2, -0.15) is 0 Å². The number of rotatable bonds is 5. The van der Waals surface area contributed by atoms with Gasteiger partial charge in [0.2, 0.25) is 0 Å². The van der Waals surface area contributed by atoms with Gasteiger partial charge in [-0.3, -0.25) is 9.10 Å². The lowest BCUT2D eigenvalue weighted by Crippen LogP contribution is -2.35. The van der Waals surface area contributed by atoms with Gasteiger partial charge in [0.05, 0.1) is 17.1 Å². The van der Waals surface area contributed by atoms with E-state index in [9.17, 15) is 13.2 Å². The van der Waals surface area contributed by atoms with Crippen LogP contribution in [0.2, 0.25) is 0 Å². The molecule has 0 fully saturated rings. The number of amides is 1. The first kappa shape index (κ1) is 18.2. The third-order valence-electron chi connectivity index (χ3n) is 4.56. The van der Waals surface area contributed by atoms with Gasteiger partial charge in [-0.1, -0.05) is 31.2 Å². The third kappa shape index (κ3) is 3.01. The van der Waals surface area contributed by atoms with E-state index in [4.69, 9.17) is 0 Å². The maximum absolute atomic E-state index is 13.0. The second-order valence-corrected chi connectivity index (χ2v) is 8.17. The van der Waals surface area contributed by atoms with E-state index in [1.165, 1.54) is 4.31 Å². The van der Waals surface area contributed by atoms with Crippen LogP contribution >= 0.6 is 0 Å². The number of carbonyl (C=O) groups is 1. The van der Waals surface area contributed by atoms with Gasteiger partial charge in [-0.05, 0) is 37.6 Å². The van der Waals surface area contributed by atoms with Gasteiger partial charge < -0.3 is 5.32 Å². The lowest BCUT2D eigenvalue weighted by Gasteiger charge is -2.31. The van der Waals surface area contributed by atoms with Crippen LogP contribution < -0.4 is 9.62 Å². The van der Waals surface area contributed by atoms with Gasteiger partial charge in [0.1, 0.15) is 0 Å². The van der Waals surface area contributed by atoms with E-state index in [1.54, 1.807) is 48.5 Å². The molecule has 1 aliphatic rings. The maximum Gasteiger partial charge on any atom is 0.265 e. The van der Waals surface area contributed by atoms with Crippen LogP contribution in [0, 0.1) is 0 Å². The van der Waals surface area contributed by atoms with Crippen molar-refractivity contribution in [3.05, 3.63) is 60.7 Å². The number of nitrogens with one attached hydrogen (secondary N) is 1. The second kappa shape index (κ2) is 6.96. The van der Waals surface area contributed by atoms with Gasteiger partial charge in [-0.25, -0.2) is 8.42 Å². The molecule has 26 heavy (non-hydrogen) atoms. The van der Waals surface area contributed by atoms with Crippen LogP contribution in [0.3, 0.4) is 0 Å². The van der Waals surface area contributed by atoms with E-state index < -0.39 is 10.0 Å². The van der Waals surface area contributed by atoms with E-state index in [0.717, 1.165) is 12.0 Å². The molecule has 1 amide bonds. The van der Waals surface area contributed by atoms with Crippen molar-refractivity contribution in [2.24, 2.45) is 0 Å². The predicted octanol–water partition coefficient (Wildman–Crippen LogP) is 3.58. The highest BCUT2D eigenvalue weighted by Crippen LogP contribution is 2.43. The first-order valence-electron chi connectivity index (χ1n) is 8.58. The summed E-state index contributed by atoms with van der Waals surface area (Å²) in [6, 6.07) is 12.1. The van der Waals surface area contributed by atoms with E-state index in [0.29, 0.717) is 16.8 Å². The molecule has 136 valence electrons. The van der Waals surface area contributed by atoms with Crippen molar-refractivity contribution in [3.63, 3.8) is 0 Å². The monoisotopic (exact) mass is 370 g/mol. The summed E-state index contributed by atoms with van der Waals surface area (Å²) in [5.74, 6) is -0.164. The van der Waals surface area contributed by atoms with Crippen molar-refractivity contribution in [1.82, 2.24) is 5.32 Å². The second-order valence-electron chi connectivity index (χ2n) is 6.34. The smallest absolute Gasteiger partial charge is 0.265 e. The summed E-state index contributed by atoms with van der Waals surface area (Å²) >= 11 is 0. The summed E-state index contributed by atoms with van der Waals surface area (Å²) in [5, 5.41) is 2.94. The summed E-state index contributed by atoms with van der Waals surface area (Å²) in [7, 11) is -3.65. The fraction of sp³-hybridized carbons (Fsp3) is 0.250. The minimum atomic E-state index is -3.65. The number of hydrogen-bond donors (Lipinski definition) is 1. The summed E-state index contributed by atoms with van der Waals surface area (Å²) in [6.07, 6.45) is 2.39. The molecule has 0 saturated carbocycles. The van der Waals surface area contributed by atoms with Crippen LogP contribution in [0.1, 0.15) is 30.6 Å². The summed E-state index contributed by atoms with van der Waals surface area (Å²) in [5.41, 5.74) is 2.41. The molecule has 0 spiro atoms. The Morgan fingerprint density at radius 1 is 1.23 bits per heavy atom. The zero-order valence-corrected chi connectivity index (χ0v) is 15.7. The van der Waals surface area contributed by atoms with E-state index >= 15 is 0 Å². The SMILES string of the molecule is C=CCN1c2ccc(C(=O)N[C@H](C)CC)cc2-c2ccccc2S1(=O)=O. The highest BCUT2D eigenvalue weighted by molar-refractivity contribution is 7.93. The largest absolute Gasteiger partial charge is 0.350 e. The molecule has 1 heterocycles. The maximum atomic E-state index is 13.0. The van der Waals surface area contributed by atoms with E-state index in [1.807, 2.05) is 13.8 Å². The molecule has 1 N–H and O–H groups in total. The van der Waals surface area contributed by atoms with Crippen LogP contribution in [0.4, 0.5) is 5.69 Å². The summed E-state index contributed by atoms with van der Waals surface area (Å²) in [4.78, 5) is 12.7. The van der Waals surface area contributed by atoms with Crippen molar-refractivity contribution < 1.29 is 13.2 Å². The normalized spacial score (nSPS) is 15.5. The lowest BCUT2D eigenvalue weighted by molar-refractivity contribution is 0.0939. The molecule has 1 aliphatic heterocycles. The molecular weight excluding hydrogens is 348 g/mol. The Labute approximate surface area is 154 Å². The van der Waals surface area contributed by atoms with Crippen molar-refractivity contribution >= 4 is 21.6 Å². The molecule has 0 unspecified atom stereocenters. The van der Waals surface area contributed by atoms with Crippen LogP contribution in [0.15, 0.2) is 60.0 Å². The Morgan fingerprint density at radius 2 is 1.96 bits per heavy atom. The number of carbonyl (C=O) groups excluding carboxylic acids is 1. The standard InChI is InChI=1S/C20H22N2O3S/c1-4-12-22-18-11-10-15(20(23)21-14(3)5-2)13-17(18)16-8-6-7-9-19(16)26(22,24)25/h4,6-11,13-14H,1,5,12H2,2-3H3,(H,21,23)/t14-/m1/s1. The quantitative estimate of drug-likeness (QED) is 0.818. The number of hydrogen-bond acceptors (Lipinski definition) is 3. The van der Waals surface area contributed by atoms with Crippen molar-refractivity contribution in [3.8, 4) is 11.1 Å². The molecular formula is C20H22N2O3S. The van der Waals surface area contributed by atoms with Crippen molar-refractivity contribution in [1.29, 1.82) is 0 Å². The fourth-order valence-electron chi connectivity index (χ4n) is 3.00. The third-order valence-corrected chi connectivity index (χ3v) is 6.40. The number of benzene rings is 2. The van der Waals surface area contributed by atoms with E-state index in [-0.39, 0.29) is 23.4 Å². The molecule has 3 rings (SSSR count). The van der Waals surface area contributed by atoms with Crippen LogP contribution in [0.25, 0.3) is 11.1 Å². The summed E-state index contributed by atoms with van der Waals surface area (Å²) in [6.45, 7) is 7.79. The van der Waals surface area contributed by atoms with Crippen molar-refractivity contribution in [2.75, 3.05) is 10.8 Å². The Kier molecular flexibility index (Phi) is 4.87. The number of anilines is 1. The van der Waals surface area contributed by atoms with Gasteiger partial charge in [0.25, 0.3) is 15.9 Å². The molecule has 6 heteroatoms. The van der Waals surface area contributed by atoms with Gasteiger partial charge in [0.15, 0.2) is 0 Å². The van der Waals surface area contributed by atoms with Gasteiger partial charge >= 0.3 is 0 Å². The molecule has 0 aliphatic carbocycles. The van der Waals surface area contributed by atoms with Gasteiger partial charge in [-0.15, -0.1) is 6.58 Å². The van der Waals surface area contributed by atoms with E-state index in [2.05, 4.69) is 11.9 Å². The Hall–Kier alpha value is -2.60. The molecule has 1 atom stereocenters. The van der Waals surface area contributed by atoms with Gasteiger partial charge in [0, 0.05) is 22.7 Å². The Morgan fingerprint density at radius 3 is 2.65 bits per heavy atom. The zero-order valence-electron chi connectivity index (χ0n) is 14.9. The topological polar surface area (TPSA) is 66.5 Å². The van der Waals surface area contributed by atoms with Crippen molar-refractivity contribution in [2.45, 2.75) is 31.2 Å². The molecule has 0 saturated heterocycles. The summed E-state index contributed by atoms with van der Waals surface area (Å²) < 4.78 is 27.2. The molecule has 0 bridgehead atoms. The number of nitrogens with zero attached hydrogens (tertiary/aromatic N) is 1. The highest BCUT2D eigenvalue weighted by Gasteiger charge is 2.34. The lowest BCUT2D eigenvalue weighted by atomic mass is 9.99. The fourth-order valence-corrected chi connectivity index (χ4v) is 4.66. The Bertz CT molecular complexity index is 967. The minimum Gasteiger partial charge on any atom is -0.350 e. The molecule has 2 aromatic rings. The first-order chi connectivity index (χ1) is 12.4. The van der Waals surface area contributed by atoms with Crippen LogP contribution in [0.5, 0.6) is 0 Å². The average Bonchev–Trinajstić information content (AvgIpc) is 2.64. The number of fused-ring (bicyclic) bond motifs is 3. The highest BCUT2D eigenvalue weighted by atomic mass is 32.2. The first-order valence-corrected chi connectivity index (χ1v) is 10.0. The minimum absolute atomic E-state index is 0.0726. The zero-order chi connectivity index (χ0) is 18.9. The predicted molar refractivity (Wildman–Crippen MR) is 104 cm³/mol. The number of sulfonamides is 1.